The summed E-state index contributed by atoms with van der Waals surface area (Å²) in [6, 6.07) is 16.4. The molecule has 23 heteroatoms. The number of anilines is 3. The number of thioether (sulfide) groups is 2. The number of allylic oxidation sites excluding steroid dienone is 3. The number of rotatable bonds is 13. The van der Waals surface area contributed by atoms with Gasteiger partial charge in [-0.15, -0.1) is 66.4 Å². The van der Waals surface area contributed by atoms with Gasteiger partial charge in [-0.25, -0.2) is 48.3 Å². The van der Waals surface area contributed by atoms with Crippen molar-refractivity contribution >= 4 is 121 Å². The van der Waals surface area contributed by atoms with E-state index in [0.717, 1.165) is 28.8 Å². The van der Waals surface area contributed by atoms with Gasteiger partial charge in [-0.05, 0) is 123 Å². The van der Waals surface area contributed by atoms with Gasteiger partial charge in [0.15, 0.2) is 27.3 Å². The number of thiophene rings is 2. The molecule has 0 radical (unpaired) electrons. The van der Waals surface area contributed by atoms with Gasteiger partial charge in [0.05, 0.1) is 19.6 Å². The highest BCUT2D eigenvalue weighted by Crippen LogP contribution is 2.42. The molecule has 1 spiro atoms. The van der Waals surface area contributed by atoms with Crippen LogP contribution >= 0.6 is 70.2 Å². The minimum absolute atomic E-state index is 0. The van der Waals surface area contributed by atoms with Gasteiger partial charge in [-0.3, -0.25) is 19.5 Å². The predicted octanol–water partition coefficient (Wildman–Crippen LogP) is 9.08. The van der Waals surface area contributed by atoms with Gasteiger partial charge in [-0.1, -0.05) is 41.8 Å². The van der Waals surface area contributed by atoms with Gasteiger partial charge in [0.1, 0.15) is 26.2 Å². The van der Waals surface area contributed by atoms with Crippen LogP contribution in [0.15, 0.2) is 141 Å². The van der Waals surface area contributed by atoms with E-state index in [1.165, 1.54) is 72.7 Å². The van der Waals surface area contributed by atoms with Crippen LogP contribution in [-0.4, -0.2) is 109 Å². The van der Waals surface area contributed by atoms with E-state index in [9.17, 15) is 14.4 Å². The van der Waals surface area contributed by atoms with Crippen LogP contribution in [0.1, 0.15) is 25.7 Å². The Morgan fingerprint density at radius 1 is 0.671 bits per heavy atom. The molecule has 2 N–H and O–H groups in total. The van der Waals surface area contributed by atoms with Crippen molar-refractivity contribution < 1.29 is 0 Å². The summed E-state index contributed by atoms with van der Waals surface area (Å²) >= 11 is 6.01. The number of nitrogens with one attached hydrogen (secondary N) is 2. The van der Waals surface area contributed by atoms with Crippen LogP contribution in [0.3, 0.4) is 0 Å². The summed E-state index contributed by atoms with van der Waals surface area (Å²) in [5, 5.41) is 14.9. The molecule has 380 valence electrons. The number of nitrogens with zero attached hydrogens (tertiary/aromatic N) is 13. The van der Waals surface area contributed by atoms with E-state index in [0.29, 0.717) is 74.4 Å². The van der Waals surface area contributed by atoms with E-state index in [4.69, 9.17) is 4.98 Å². The SMILES string of the molecule is C=CCn1[nH]c2nc(SC)ncc2c1=O.C=CCn1c(=O)c2cnc(Nc3ccc(N4CCC5(CCN(C)CC5)CC4)cc3)nc2n1-c1cccs1.C=CCn1c(=O)c2cnc(SC)nc2n1-c1cccs1.I. The van der Waals surface area contributed by atoms with E-state index < -0.39 is 0 Å². The molecular weight excluding hydrogens is 1110 g/mol. The van der Waals surface area contributed by atoms with Crippen LogP contribution in [0.2, 0.25) is 0 Å². The zero-order valence-electron chi connectivity index (χ0n) is 40.7. The van der Waals surface area contributed by atoms with Crippen LogP contribution in [0.25, 0.3) is 43.1 Å². The van der Waals surface area contributed by atoms with Crippen molar-refractivity contribution in [2.24, 2.45) is 5.41 Å². The van der Waals surface area contributed by atoms with Crippen molar-refractivity contribution in [3.8, 4) is 10.0 Å². The van der Waals surface area contributed by atoms with Gasteiger partial charge < -0.3 is 15.1 Å². The smallest absolute Gasteiger partial charge is 0.278 e. The molecule has 11 rings (SSSR count). The van der Waals surface area contributed by atoms with Crippen molar-refractivity contribution in [1.29, 1.82) is 0 Å². The first-order chi connectivity index (χ1) is 35.1. The average molecular weight is 1170 g/mol. The van der Waals surface area contributed by atoms with Crippen LogP contribution in [-0.2, 0) is 19.6 Å². The molecule has 0 amide bonds. The summed E-state index contributed by atoms with van der Waals surface area (Å²) in [4.78, 5) is 68.2. The molecule has 18 nitrogen and oxygen atoms in total. The van der Waals surface area contributed by atoms with Gasteiger partial charge in [-0.2, -0.15) is 4.98 Å². The maximum Gasteiger partial charge on any atom is 0.278 e. The van der Waals surface area contributed by atoms with E-state index in [1.54, 1.807) is 68.9 Å². The Kier molecular flexibility index (Phi) is 17.4. The summed E-state index contributed by atoms with van der Waals surface area (Å²) in [5.41, 5.74) is 4.19. The molecule has 9 aromatic rings. The third-order valence-corrected chi connectivity index (χ3v) is 15.7. The molecule has 0 atom stereocenters. The van der Waals surface area contributed by atoms with Crippen LogP contribution in [0, 0.1) is 5.41 Å². The van der Waals surface area contributed by atoms with Gasteiger partial charge >= 0.3 is 0 Å². The number of hydrogen-bond donors (Lipinski definition) is 2. The molecule has 2 saturated heterocycles. The zero-order valence-corrected chi connectivity index (χ0v) is 46.3. The summed E-state index contributed by atoms with van der Waals surface area (Å²) in [6.07, 6.45) is 18.9. The summed E-state index contributed by atoms with van der Waals surface area (Å²) in [5.74, 6) is 0.462. The maximum absolute atomic E-state index is 13.0. The molecule has 8 aromatic heterocycles. The molecule has 2 fully saturated rings. The molecular formula is C50H56IN15O3S4. The molecule has 73 heavy (non-hydrogen) atoms. The first-order valence-electron chi connectivity index (χ1n) is 23.3. The lowest BCUT2D eigenvalue weighted by Crippen LogP contribution is -2.46. The Balaban J connectivity index is 0.000000165. The van der Waals surface area contributed by atoms with Crippen LogP contribution in [0.4, 0.5) is 17.3 Å². The molecule has 0 saturated carbocycles. The second-order valence-electron chi connectivity index (χ2n) is 17.3. The topological polar surface area (TPSA) is 188 Å². The highest BCUT2D eigenvalue weighted by atomic mass is 127. The fraction of sp³-hybridized carbons (Fsp3) is 0.300. The summed E-state index contributed by atoms with van der Waals surface area (Å²) in [7, 11) is 2.24. The highest BCUT2D eigenvalue weighted by Gasteiger charge is 2.37. The second kappa shape index (κ2) is 23.8. The highest BCUT2D eigenvalue weighted by molar-refractivity contribution is 14.0. The first kappa shape index (κ1) is 53.2. The van der Waals surface area contributed by atoms with E-state index in [2.05, 4.69) is 96.2 Å². The number of halogens is 1. The largest absolute Gasteiger partial charge is 0.371 e. The summed E-state index contributed by atoms with van der Waals surface area (Å²) < 4.78 is 8.42. The zero-order chi connectivity index (χ0) is 50.4. The van der Waals surface area contributed by atoms with Crippen molar-refractivity contribution in [3.05, 3.63) is 147 Å². The normalized spacial score (nSPS) is 14.3. The minimum Gasteiger partial charge on any atom is -0.371 e. The second-order valence-corrected chi connectivity index (χ2v) is 20.7. The number of aromatic nitrogens is 12. The Labute approximate surface area is 454 Å². The number of hydrogen-bond acceptors (Lipinski definition) is 16. The molecule has 2 aliphatic rings. The Bertz CT molecular complexity index is 3520. The first-order valence-corrected chi connectivity index (χ1v) is 27.5. The minimum atomic E-state index is -0.122. The molecule has 0 aliphatic carbocycles. The standard InChI is InChI=1S/C28H33N7OS.C13H12N4OS2.C9H10N4OS.HI/c1-3-14-34-26(36)23-20-29-27(31-25(23)35(34)24-5-4-19-37-24)30-21-6-8-22(9-7-21)33-17-12-28(13-18-33)10-15-32(2)16-11-28;1-3-6-16-12(18)9-8-14-13(19-2)15-11(9)17(16)10-5-4-7-20-10;1-3-4-13-8(14)6-5-10-9(15-2)11-7(6)12-13;/h3-9,19-20H,1,10-18H2,2H3,(H,29,30,31);3-5,7-8H,1,6H2,2H3;3,5H,1,4H2,2H3,(H,10,11,12);1H. The van der Waals surface area contributed by atoms with Crippen molar-refractivity contribution in [1.82, 2.24) is 63.3 Å². The quantitative estimate of drug-likeness (QED) is 0.0482. The average Bonchev–Trinajstić information content (AvgIpc) is 4.27. The lowest BCUT2D eigenvalue weighted by molar-refractivity contribution is 0.0945. The third-order valence-electron chi connectivity index (χ3n) is 12.9. The molecule has 0 bridgehead atoms. The van der Waals surface area contributed by atoms with Gasteiger partial charge in [0.25, 0.3) is 16.7 Å². The third kappa shape index (κ3) is 11.4. The Hall–Kier alpha value is -6.12. The fourth-order valence-electron chi connectivity index (χ4n) is 9.01. The number of piperidine rings is 2. The Morgan fingerprint density at radius 3 is 1.73 bits per heavy atom. The molecule has 0 unspecified atom stereocenters. The Morgan fingerprint density at radius 2 is 1.19 bits per heavy atom. The van der Waals surface area contributed by atoms with E-state index >= 15 is 0 Å². The number of benzene rings is 1. The summed E-state index contributed by atoms with van der Waals surface area (Å²) in [6.45, 7) is 17.1. The van der Waals surface area contributed by atoms with E-state index in [-0.39, 0.29) is 40.7 Å². The van der Waals surface area contributed by atoms with E-state index in [1.807, 2.05) is 56.9 Å². The molecule has 2 aliphatic heterocycles. The number of H-pyrrole nitrogens is 1. The number of fused-ring (bicyclic) bond motifs is 3. The number of aromatic amines is 1. The lowest BCUT2D eigenvalue weighted by Gasteiger charge is -2.46. The van der Waals surface area contributed by atoms with Crippen molar-refractivity contribution in [2.75, 3.05) is 56.0 Å². The molecule has 10 heterocycles. The van der Waals surface area contributed by atoms with Gasteiger partial charge in [0, 0.05) is 43.1 Å². The van der Waals surface area contributed by atoms with Crippen LogP contribution in [0.5, 0.6) is 0 Å². The van der Waals surface area contributed by atoms with Crippen molar-refractivity contribution in [3.63, 3.8) is 0 Å². The molecule has 1 aromatic carbocycles. The lowest BCUT2D eigenvalue weighted by atomic mass is 9.71. The maximum atomic E-state index is 13.0. The fourth-order valence-corrected chi connectivity index (χ4v) is 11.2. The van der Waals surface area contributed by atoms with Crippen LogP contribution < -0.4 is 26.9 Å². The van der Waals surface area contributed by atoms with Crippen molar-refractivity contribution in [2.45, 2.75) is 55.6 Å². The monoisotopic (exact) mass is 1170 g/mol. The number of likely N-dealkylation sites (tertiary alicyclic amines) is 1. The predicted molar refractivity (Wildman–Crippen MR) is 310 cm³/mol. The van der Waals surface area contributed by atoms with Gasteiger partial charge in [0.2, 0.25) is 5.95 Å².